The molecule has 76 valence electrons. The van der Waals surface area contributed by atoms with Gasteiger partial charge < -0.3 is 10.6 Å². The minimum absolute atomic E-state index is 0.828. The van der Waals surface area contributed by atoms with Crippen molar-refractivity contribution in [2.75, 3.05) is 13.1 Å². The Hall–Kier alpha value is -0.0800. The molecule has 0 saturated heterocycles. The monoisotopic (exact) mass is 182 g/mol. The third kappa shape index (κ3) is 3.65. The van der Waals surface area contributed by atoms with Crippen molar-refractivity contribution in [1.82, 2.24) is 10.6 Å². The third-order valence-electron chi connectivity index (χ3n) is 3.17. The number of nitrogens with one attached hydrogen (secondary N) is 2. The van der Waals surface area contributed by atoms with E-state index in [0.717, 1.165) is 12.1 Å². The van der Waals surface area contributed by atoms with Gasteiger partial charge in [-0.25, -0.2) is 0 Å². The van der Waals surface area contributed by atoms with Crippen LogP contribution >= 0.6 is 0 Å². The van der Waals surface area contributed by atoms with E-state index in [-0.39, 0.29) is 0 Å². The summed E-state index contributed by atoms with van der Waals surface area (Å²) in [5.41, 5.74) is 0. The van der Waals surface area contributed by atoms with E-state index in [0.29, 0.717) is 0 Å². The normalized spacial score (nSPS) is 24.9. The molecule has 0 spiro atoms. The minimum atomic E-state index is 0.828. The fourth-order valence-corrected chi connectivity index (χ4v) is 2.15. The van der Waals surface area contributed by atoms with E-state index in [1.807, 2.05) is 0 Å². The molecule has 2 aliphatic rings. The van der Waals surface area contributed by atoms with Gasteiger partial charge in [0.15, 0.2) is 0 Å². The molecule has 0 aromatic rings. The molecule has 0 heterocycles. The van der Waals surface area contributed by atoms with Crippen LogP contribution in [0.1, 0.15) is 44.9 Å². The Morgan fingerprint density at radius 3 is 1.77 bits per heavy atom. The average molecular weight is 182 g/mol. The molecule has 2 rings (SSSR count). The Morgan fingerprint density at radius 2 is 1.23 bits per heavy atom. The molecule has 0 aliphatic heterocycles. The van der Waals surface area contributed by atoms with Crippen molar-refractivity contribution in [1.29, 1.82) is 0 Å². The summed E-state index contributed by atoms with van der Waals surface area (Å²) in [5.74, 6) is 0. The third-order valence-corrected chi connectivity index (χ3v) is 3.17. The lowest BCUT2D eigenvalue weighted by Crippen LogP contribution is -2.36. The van der Waals surface area contributed by atoms with Crippen LogP contribution in [0.2, 0.25) is 0 Å². The Balaban J connectivity index is 1.46. The first kappa shape index (κ1) is 9.47. The van der Waals surface area contributed by atoms with Crippen LogP contribution < -0.4 is 10.6 Å². The maximum atomic E-state index is 3.64. The Labute approximate surface area is 81.5 Å². The van der Waals surface area contributed by atoms with Crippen molar-refractivity contribution in [3.05, 3.63) is 0 Å². The highest BCUT2D eigenvalue weighted by molar-refractivity contribution is 4.81. The van der Waals surface area contributed by atoms with Gasteiger partial charge in [0.2, 0.25) is 0 Å². The highest BCUT2D eigenvalue weighted by atomic mass is 15.0. The Morgan fingerprint density at radius 1 is 0.692 bits per heavy atom. The summed E-state index contributed by atoms with van der Waals surface area (Å²) >= 11 is 0. The van der Waals surface area contributed by atoms with E-state index < -0.39 is 0 Å². The van der Waals surface area contributed by atoms with E-state index in [9.17, 15) is 0 Å². The summed E-state index contributed by atoms with van der Waals surface area (Å²) < 4.78 is 0. The molecule has 0 radical (unpaired) electrons. The first-order valence-corrected chi connectivity index (χ1v) is 5.92. The first-order valence-electron chi connectivity index (χ1n) is 5.92. The highest BCUT2D eigenvalue weighted by Crippen LogP contribution is 2.18. The lowest BCUT2D eigenvalue weighted by Gasteiger charge is -2.22. The molecule has 0 bridgehead atoms. The molecule has 2 fully saturated rings. The lowest BCUT2D eigenvalue weighted by molar-refractivity contribution is 0.372. The molecule has 2 heteroatoms. The number of rotatable bonds is 5. The van der Waals surface area contributed by atoms with Crippen molar-refractivity contribution in [3.8, 4) is 0 Å². The number of hydrogen-bond acceptors (Lipinski definition) is 2. The van der Waals surface area contributed by atoms with Crippen LogP contribution in [0.25, 0.3) is 0 Å². The zero-order valence-electron chi connectivity index (χ0n) is 8.52. The van der Waals surface area contributed by atoms with Gasteiger partial charge in [-0.05, 0) is 25.7 Å². The van der Waals surface area contributed by atoms with E-state index in [4.69, 9.17) is 0 Å². The van der Waals surface area contributed by atoms with Gasteiger partial charge in [-0.15, -0.1) is 0 Å². The van der Waals surface area contributed by atoms with Crippen LogP contribution in [0.5, 0.6) is 0 Å². The summed E-state index contributed by atoms with van der Waals surface area (Å²) in [6, 6.07) is 1.70. The maximum Gasteiger partial charge on any atom is 0.00794 e. The quantitative estimate of drug-likeness (QED) is 0.632. The smallest absolute Gasteiger partial charge is 0.00794 e. The summed E-state index contributed by atoms with van der Waals surface area (Å²) in [6.07, 6.45) is 9.96. The average Bonchev–Trinajstić information content (AvgIpc) is 2.98. The van der Waals surface area contributed by atoms with E-state index in [2.05, 4.69) is 10.6 Å². The topological polar surface area (TPSA) is 24.1 Å². The van der Waals surface area contributed by atoms with Crippen LogP contribution in [0, 0.1) is 0 Å². The van der Waals surface area contributed by atoms with Crippen molar-refractivity contribution < 1.29 is 0 Å². The fraction of sp³-hybridized carbons (Fsp3) is 1.00. The predicted octanol–water partition coefficient (Wildman–Crippen LogP) is 1.66. The molecule has 2 aliphatic carbocycles. The summed E-state index contributed by atoms with van der Waals surface area (Å²) in [6.45, 7) is 2.34. The Bertz CT molecular complexity index is 137. The second-order valence-corrected chi connectivity index (χ2v) is 4.52. The summed E-state index contributed by atoms with van der Waals surface area (Å²) in [4.78, 5) is 0. The highest BCUT2D eigenvalue weighted by Gasteiger charge is 2.19. The molecule has 2 saturated carbocycles. The van der Waals surface area contributed by atoms with Crippen LogP contribution in [0.15, 0.2) is 0 Å². The molecular weight excluding hydrogens is 160 g/mol. The molecule has 2 nitrogen and oxygen atoms in total. The van der Waals surface area contributed by atoms with E-state index in [1.165, 1.54) is 58.0 Å². The van der Waals surface area contributed by atoms with Gasteiger partial charge in [0.1, 0.15) is 0 Å². The van der Waals surface area contributed by atoms with Crippen LogP contribution in [-0.4, -0.2) is 25.2 Å². The molecule has 2 N–H and O–H groups in total. The van der Waals surface area contributed by atoms with Gasteiger partial charge in [0, 0.05) is 25.2 Å². The van der Waals surface area contributed by atoms with Crippen molar-refractivity contribution in [3.63, 3.8) is 0 Å². The molecule has 0 aromatic heterocycles. The number of hydrogen-bond donors (Lipinski definition) is 2. The van der Waals surface area contributed by atoms with Crippen LogP contribution in [-0.2, 0) is 0 Å². The summed E-state index contributed by atoms with van der Waals surface area (Å²) in [5, 5.41) is 7.18. The largest absolute Gasteiger partial charge is 0.313 e. The zero-order chi connectivity index (χ0) is 8.93. The molecule has 13 heavy (non-hydrogen) atoms. The second-order valence-electron chi connectivity index (χ2n) is 4.52. The fourth-order valence-electron chi connectivity index (χ4n) is 2.15. The minimum Gasteiger partial charge on any atom is -0.313 e. The van der Waals surface area contributed by atoms with Gasteiger partial charge in [-0.2, -0.15) is 0 Å². The first-order chi connectivity index (χ1) is 6.45. The SMILES string of the molecule is C1CCC(NCCNC2CC2)CC1. The molecule has 0 unspecified atom stereocenters. The Kier molecular flexibility index (Phi) is 3.62. The van der Waals surface area contributed by atoms with Crippen molar-refractivity contribution >= 4 is 0 Å². The maximum absolute atomic E-state index is 3.64. The van der Waals surface area contributed by atoms with Gasteiger partial charge >= 0.3 is 0 Å². The predicted molar refractivity (Wildman–Crippen MR) is 55.9 cm³/mol. The van der Waals surface area contributed by atoms with Crippen molar-refractivity contribution in [2.24, 2.45) is 0 Å². The van der Waals surface area contributed by atoms with Gasteiger partial charge in [0.05, 0.1) is 0 Å². The van der Waals surface area contributed by atoms with Gasteiger partial charge in [0.25, 0.3) is 0 Å². The molecule has 0 aromatic carbocycles. The second kappa shape index (κ2) is 4.97. The molecular formula is C11H22N2. The van der Waals surface area contributed by atoms with Gasteiger partial charge in [-0.3, -0.25) is 0 Å². The van der Waals surface area contributed by atoms with Crippen molar-refractivity contribution in [2.45, 2.75) is 57.0 Å². The molecule has 0 atom stereocenters. The van der Waals surface area contributed by atoms with Gasteiger partial charge in [-0.1, -0.05) is 19.3 Å². The zero-order valence-corrected chi connectivity index (χ0v) is 8.52. The van der Waals surface area contributed by atoms with E-state index in [1.54, 1.807) is 0 Å². The molecule has 0 amide bonds. The lowest BCUT2D eigenvalue weighted by atomic mass is 9.95. The van der Waals surface area contributed by atoms with Crippen LogP contribution in [0.3, 0.4) is 0 Å². The van der Waals surface area contributed by atoms with Crippen LogP contribution in [0.4, 0.5) is 0 Å². The van der Waals surface area contributed by atoms with E-state index >= 15 is 0 Å². The summed E-state index contributed by atoms with van der Waals surface area (Å²) in [7, 11) is 0. The standard InChI is InChI=1S/C11H22N2/c1-2-4-10(5-3-1)12-8-9-13-11-6-7-11/h10-13H,1-9H2.